The molecule has 3 rings (SSSR count). The van der Waals surface area contributed by atoms with Crippen LogP contribution in [-0.2, 0) is 9.31 Å². The number of likely N-dealkylation sites (tertiary alicyclic amines) is 1. The van der Waals surface area contributed by atoms with E-state index < -0.39 is 18.3 Å². The normalized spacial score (nSPS) is 24.1. The molecule has 0 radical (unpaired) electrons. The van der Waals surface area contributed by atoms with Crippen molar-refractivity contribution in [3.8, 4) is 0 Å². The molecule has 1 aromatic carbocycles. The molecule has 0 bridgehead atoms. The molecule has 0 spiro atoms. The van der Waals surface area contributed by atoms with Crippen LogP contribution in [0, 0.1) is 5.92 Å². The molecule has 4 nitrogen and oxygen atoms in total. The van der Waals surface area contributed by atoms with Crippen molar-refractivity contribution in [1.82, 2.24) is 4.90 Å². The van der Waals surface area contributed by atoms with Crippen LogP contribution in [0.5, 0.6) is 0 Å². The Balaban J connectivity index is 1.85. The van der Waals surface area contributed by atoms with Crippen LogP contribution in [0.25, 0.3) is 5.57 Å². The third-order valence-electron chi connectivity index (χ3n) is 6.29. The summed E-state index contributed by atoms with van der Waals surface area (Å²) in [6.07, 6.45) is 2.13. The van der Waals surface area contributed by atoms with E-state index in [0.717, 1.165) is 38.0 Å². The van der Waals surface area contributed by atoms with Gasteiger partial charge in [0.2, 0.25) is 0 Å². The number of piperidine rings is 1. The molecule has 0 unspecified atom stereocenters. The summed E-state index contributed by atoms with van der Waals surface area (Å²) in [5.74, 6) is 0.582. The molecular weight excluding hydrogens is 342 g/mol. The van der Waals surface area contributed by atoms with E-state index in [1.165, 1.54) is 0 Å². The van der Waals surface area contributed by atoms with Gasteiger partial charge in [0.05, 0.1) is 11.2 Å². The van der Waals surface area contributed by atoms with Crippen molar-refractivity contribution in [3.05, 3.63) is 41.6 Å². The molecule has 27 heavy (non-hydrogen) atoms. The number of nitrogens with zero attached hydrogens (tertiary/aromatic N) is 1. The third-order valence-corrected chi connectivity index (χ3v) is 6.29. The predicted octanol–water partition coefficient (Wildman–Crippen LogP) is 3.67. The highest BCUT2D eigenvalue weighted by Gasteiger charge is 2.53. The van der Waals surface area contributed by atoms with Crippen molar-refractivity contribution in [3.63, 3.8) is 0 Å². The molecule has 2 aliphatic heterocycles. The summed E-state index contributed by atoms with van der Waals surface area (Å²) < 4.78 is 27.5. The molecule has 0 atom stereocenters. The summed E-state index contributed by atoms with van der Waals surface area (Å²) in [6, 6.07) is 9.72. The van der Waals surface area contributed by atoms with E-state index in [4.69, 9.17) is 15.0 Å². The molecule has 2 aliphatic rings. The Hall–Kier alpha value is -1.21. The van der Waals surface area contributed by atoms with Gasteiger partial charge < -0.3 is 15.0 Å². The molecule has 6 heteroatoms. The Bertz CT molecular complexity index is 654. The number of hydrogen-bond acceptors (Lipinski definition) is 4. The Morgan fingerprint density at radius 3 is 2.19 bits per heavy atom. The molecule has 2 heterocycles. The monoisotopic (exact) mass is 374 g/mol. The molecule has 0 aliphatic carbocycles. The SMILES string of the molecule is CC1(C)OB(C(F)=C(CN2CCC(CN)CC2)c2ccccc2)OC1(C)C. The van der Waals surface area contributed by atoms with Gasteiger partial charge in [-0.15, -0.1) is 0 Å². The fourth-order valence-corrected chi connectivity index (χ4v) is 3.64. The van der Waals surface area contributed by atoms with E-state index in [1.54, 1.807) is 0 Å². The predicted molar refractivity (Wildman–Crippen MR) is 109 cm³/mol. The maximum Gasteiger partial charge on any atom is 0.525 e. The quantitative estimate of drug-likeness (QED) is 0.799. The average molecular weight is 374 g/mol. The Kier molecular flexibility index (Phi) is 6.11. The number of nitrogens with two attached hydrogens (primary N) is 1. The lowest BCUT2D eigenvalue weighted by atomic mass is 9.82. The molecular formula is C21H32BFN2O2. The minimum absolute atomic E-state index is 0.319. The van der Waals surface area contributed by atoms with Crippen LogP contribution in [0.1, 0.15) is 46.1 Å². The first kappa shape index (κ1) is 20.5. The standard InChI is InChI=1S/C21H32BFN2O2/c1-20(2)21(3,4)27-22(26-20)19(23)18(17-8-6-5-7-9-17)15-25-12-10-16(14-24)11-13-25/h5-9,16H,10-15,24H2,1-4H3. The zero-order valence-electron chi connectivity index (χ0n) is 17.0. The molecule has 1 aromatic rings. The maximum atomic E-state index is 15.6. The summed E-state index contributed by atoms with van der Waals surface area (Å²) in [4.78, 5) is 2.30. The van der Waals surface area contributed by atoms with Crippen LogP contribution in [0.15, 0.2) is 36.1 Å². The largest absolute Gasteiger partial charge is 0.525 e. The van der Waals surface area contributed by atoms with E-state index in [0.29, 0.717) is 18.0 Å². The minimum Gasteiger partial charge on any atom is -0.398 e. The van der Waals surface area contributed by atoms with Crippen LogP contribution >= 0.6 is 0 Å². The van der Waals surface area contributed by atoms with Crippen LogP contribution in [0.3, 0.4) is 0 Å². The minimum atomic E-state index is -0.966. The van der Waals surface area contributed by atoms with Gasteiger partial charge in [0.25, 0.3) is 0 Å². The van der Waals surface area contributed by atoms with Gasteiger partial charge in [-0.05, 0) is 71.7 Å². The number of halogens is 1. The zero-order chi connectivity index (χ0) is 19.7. The first-order valence-electron chi connectivity index (χ1n) is 9.95. The van der Waals surface area contributed by atoms with Gasteiger partial charge in [-0.1, -0.05) is 30.3 Å². The Morgan fingerprint density at radius 2 is 1.67 bits per heavy atom. The Labute approximate surface area is 163 Å². The summed E-state index contributed by atoms with van der Waals surface area (Å²) in [6.45, 7) is 10.9. The van der Waals surface area contributed by atoms with Gasteiger partial charge in [-0.25, -0.2) is 4.39 Å². The Morgan fingerprint density at radius 1 is 1.11 bits per heavy atom. The van der Waals surface area contributed by atoms with Crippen molar-refractivity contribution >= 4 is 12.7 Å². The van der Waals surface area contributed by atoms with Gasteiger partial charge in [-0.3, -0.25) is 4.90 Å². The topological polar surface area (TPSA) is 47.7 Å². The molecule has 148 valence electrons. The second-order valence-electron chi connectivity index (χ2n) is 8.74. The van der Waals surface area contributed by atoms with Crippen molar-refractivity contribution in [2.45, 2.75) is 51.7 Å². The highest BCUT2D eigenvalue weighted by molar-refractivity contribution is 6.55. The van der Waals surface area contributed by atoms with E-state index in [2.05, 4.69) is 4.90 Å². The fourth-order valence-electron chi connectivity index (χ4n) is 3.64. The van der Waals surface area contributed by atoms with Gasteiger partial charge in [0.15, 0.2) is 0 Å². The third kappa shape index (κ3) is 4.45. The lowest BCUT2D eigenvalue weighted by Crippen LogP contribution is -2.41. The maximum absolute atomic E-state index is 15.6. The molecule has 2 saturated heterocycles. The number of hydrogen-bond donors (Lipinski definition) is 1. The summed E-state index contributed by atoms with van der Waals surface area (Å²) in [5.41, 5.74) is 5.90. The van der Waals surface area contributed by atoms with Crippen LogP contribution < -0.4 is 5.73 Å². The average Bonchev–Trinajstić information content (AvgIpc) is 2.88. The lowest BCUT2D eigenvalue weighted by molar-refractivity contribution is 0.00578. The van der Waals surface area contributed by atoms with Crippen LogP contribution in [0.2, 0.25) is 0 Å². The van der Waals surface area contributed by atoms with Crippen molar-refractivity contribution in [2.24, 2.45) is 11.7 Å². The van der Waals surface area contributed by atoms with Gasteiger partial charge in [0, 0.05) is 12.1 Å². The fraction of sp³-hybridized carbons (Fsp3) is 0.619. The summed E-state index contributed by atoms with van der Waals surface area (Å²) >= 11 is 0. The summed E-state index contributed by atoms with van der Waals surface area (Å²) in [5, 5.41) is 0. The van der Waals surface area contributed by atoms with Crippen molar-refractivity contribution in [2.75, 3.05) is 26.2 Å². The van der Waals surface area contributed by atoms with Crippen LogP contribution in [0.4, 0.5) is 4.39 Å². The van der Waals surface area contributed by atoms with E-state index >= 15 is 4.39 Å². The first-order chi connectivity index (χ1) is 12.7. The lowest BCUT2D eigenvalue weighted by Gasteiger charge is -2.32. The van der Waals surface area contributed by atoms with Gasteiger partial charge in [0.1, 0.15) is 5.73 Å². The van der Waals surface area contributed by atoms with Crippen LogP contribution in [-0.4, -0.2) is 49.4 Å². The van der Waals surface area contributed by atoms with Crippen molar-refractivity contribution in [1.29, 1.82) is 0 Å². The highest BCUT2D eigenvalue weighted by atomic mass is 19.1. The smallest absolute Gasteiger partial charge is 0.398 e. The highest BCUT2D eigenvalue weighted by Crippen LogP contribution is 2.40. The molecule has 2 fully saturated rings. The zero-order valence-corrected chi connectivity index (χ0v) is 17.0. The van der Waals surface area contributed by atoms with E-state index in [-0.39, 0.29) is 5.73 Å². The molecule has 0 saturated carbocycles. The number of benzene rings is 1. The van der Waals surface area contributed by atoms with Gasteiger partial charge in [-0.2, -0.15) is 0 Å². The second kappa shape index (κ2) is 8.04. The first-order valence-corrected chi connectivity index (χ1v) is 9.95. The second-order valence-corrected chi connectivity index (χ2v) is 8.74. The van der Waals surface area contributed by atoms with E-state index in [9.17, 15) is 0 Å². The van der Waals surface area contributed by atoms with Gasteiger partial charge >= 0.3 is 7.12 Å². The molecule has 2 N–H and O–H groups in total. The molecule has 0 amide bonds. The summed E-state index contributed by atoms with van der Waals surface area (Å²) in [7, 11) is -0.966. The van der Waals surface area contributed by atoms with E-state index in [1.807, 2.05) is 58.0 Å². The van der Waals surface area contributed by atoms with Crippen molar-refractivity contribution < 1.29 is 13.7 Å². The number of rotatable bonds is 5. The molecule has 0 aromatic heterocycles.